The van der Waals surface area contributed by atoms with Gasteiger partial charge < -0.3 is 10.2 Å². The summed E-state index contributed by atoms with van der Waals surface area (Å²) < 4.78 is 0. The van der Waals surface area contributed by atoms with E-state index in [0.29, 0.717) is 6.42 Å². The molecule has 0 aromatic carbocycles. The fraction of sp³-hybridized carbons (Fsp3) is 0.800. The van der Waals surface area contributed by atoms with Crippen molar-refractivity contribution in [1.29, 1.82) is 0 Å². The molecule has 0 saturated carbocycles. The van der Waals surface area contributed by atoms with Gasteiger partial charge in [-0.15, -0.1) is 0 Å². The summed E-state index contributed by atoms with van der Waals surface area (Å²) in [6, 6.07) is 0. The SMILES string of the molecule is CC(O)CC(O)C1C=CCCC1. The minimum atomic E-state index is -0.393. The zero-order valence-corrected chi connectivity index (χ0v) is 7.61. The van der Waals surface area contributed by atoms with E-state index in [2.05, 4.69) is 12.2 Å². The highest BCUT2D eigenvalue weighted by molar-refractivity contribution is 4.96. The summed E-state index contributed by atoms with van der Waals surface area (Å²) in [5, 5.41) is 18.7. The van der Waals surface area contributed by atoms with Crippen molar-refractivity contribution in [2.45, 2.75) is 44.8 Å². The van der Waals surface area contributed by atoms with Crippen LogP contribution < -0.4 is 0 Å². The van der Waals surface area contributed by atoms with Gasteiger partial charge in [0.2, 0.25) is 0 Å². The first-order valence-electron chi connectivity index (χ1n) is 4.73. The zero-order chi connectivity index (χ0) is 8.97. The Morgan fingerprint density at radius 3 is 2.75 bits per heavy atom. The Hall–Kier alpha value is -0.340. The van der Waals surface area contributed by atoms with Gasteiger partial charge in [0.25, 0.3) is 0 Å². The van der Waals surface area contributed by atoms with Crippen LogP contribution in [0, 0.1) is 5.92 Å². The third-order valence-electron chi connectivity index (χ3n) is 2.37. The minimum Gasteiger partial charge on any atom is -0.393 e. The Labute approximate surface area is 73.9 Å². The first kappa shape index (κ1) is 9.75. The molecule has 0 radical (unpaired) electrons. The van der Waals surface area contributed by atoms with E-state index in [-0.39, 0.29) is 12.0 Å². The average Bonchev–Trinajstić information content (AvgIpc) is 2.05. The molecule has 0 spiro atoms. The average molecular weight is 170 g/mol. The molecule has 12 heavy (non-hydrogen) atoms. The molecule has 0 saturated heterocycles. The van der Waals surface area contributed by atoms with Crippen molar-refractivity contribution in [3.05, 3.63) is 12.2 Å². The van der Waals surface area contributed by atoms with Crippen molar-refractivity contribution in [1.82, 2.24) is 0 Å². The Kier molecular flexibility index (Phi) is 3.76. The number of hydrogen-bond acceptors (Lipinski definition) is 2. The molecule has 0 fully saturated rings. The number of aliphatic hydroxyl groups is 2. The Balaban J connectivity index is 2.34. The number of hydrogen-bond donors (Lipinski definition) is 2. The van der Waals surface area contributed by atoms with Crippen LogP contribution in [0.25, 0.3) is 0 Å². The summed E-state index contributed by atoms with van der Waals surface area (Å²) >= 11 is 0. The molecule has 1 aliphatic rings. The first-order valence-corrected chi connectivity index (χ1v) is 4.73. The van der Waals surface area contributed by atoms with Crippen LogP contribution >= 0.6 is 0 Å². The van der Waals surface area contributed by atoms with Crippen molar-refractivity contribution >= 4 is 0 Å². The maximum absolute atomic E-state index is 9.63. The Morgan fingerprint density at radius 1 is 1.50 bits per heavy atom. The monoisotopic (exact) mass is 170 g/mol. The van der Waals surface area contributed by atoms with Crippen LogP contribution in [0.3, 0.4) is 0 Å². The third kappa shape index (κ3) is 2.95. The maximum Gasteiger partial charge on any atom is 0.0627 e. The standard InChI is InChI=1S/C10H18O2/c1-8(11)7-10(12)9-5-3-2-4-6-9/h3,5,8-12H,2,4,6-7H2,1H3. The molecule has 0 aromatic heterocycles. The molecule has 2 nitrogen and oxygen atoms in total. The highest BCUT2D eigenvalue weighted by Gasteiger charge is 2.19. The molecule has 2 N–H and O–H groups in total. The van der Waals surface area contributed by atoms with Crippen LogP contribution in [0.2, 0.25) is 0 Å². The molecule has 0 aromatic rings. The van der Waals surface area contributed by atoms with Gasteiger partial charge >= 0.3 is 0 Å². The van der Waals surface area contributed by atoms with Crippen molar-refractivity contribution < 1.29 is 10.2 Å². The highest BCUT2D eigenvalue weighted by Crippen LogP contribution is 2.22. The van der Waals surface area contributed by atoms with Gasteiger partial charge in [-0.3, -0.25) is 0 Å². The van der Waals surface area contributed by atoms with Gasteiger partial charge in [0.1, 0.15) is 0 Å². The highest BCUT2D eigenvalue weighted by atomic mass is 16.3. The van der Waals surface area contributed by atoms with E-state index < -0.39 is 6.10 Å². The fourth-order valence-electron chi connectivity index (χ4n) is 1.68. The van der Waals surface area contributed by atoms with E-state index in [9.17, 15) is 5.11 Å². The van der Waals surface area contributed by atoms with Gasteiger partial charge in [0.05, 0.1) is 12.2 Å². The summed E-state index contributed by atoms with van der Waals surface area (Å²) in [5.41, 5.74) is 0. The van der Waals surface area contributed by atoms with E-state index >= 15 is 0 Å². The molecule has 2 heteroatoms. The number of allylic oxidation sites excluding steroid dienone is 1. The molecule has 70 valence electrons. The van der Waals surface area contributed by atoms with Gasteiger partial charge in [-0.25, -0.2) is 0 Å². The Bertz CT molecular complexity index is 152. The fourth-order valence-corrected chi connectivity index (χ4v) is 1.68. The topological polar surface area (TPSA) is 40.5 Å². The zero-order valence-electron chi connectivity index (χ0n) is 7.61. The van der Waals surface area contributed by atoms with Gasteiger partial charge in [-0.05, 0) is 32.6 Å². The van der Waals surface area contributed by atoms with Crippen molar-refractivity contribution in [3.8, 4) is 0 Å². The second-order valence-corrected chi connectivity index (χ2v) is 3.67. The van der Waals surface area contributed by atoms with Crippen molar-refractivity contribution in [2.75, 3.05) is 0 Å². The lowest BCUT2D eigenvalue weighted by Gasteiger charge is -2.23. The first-order chi connectivity index (χ1) is 5.70. The smallest absolute Gasteiger partial charge is 0.0627 e. The molecule has 0 aliphatic heterocycles. The summed E-state index contributed by atoms with van der Waals surface area (Å²) in [7, 11) is 0. The molecular weight excluding hydrogens is 152 g/mol. The van der Waals surface area contributed by atoms with Crippen LogP contribution in [0.5, 0.6) is 0 Å². The van der Waals surface area contributed by atoms with E-state index in [4.69, 9.17) is 5.11 Å². The molecule has 0 bridgehead atoms. The molecule has 3 unspecified atom stereocenters. The predicted octanol–water partition coefficient (Wildman–Crippen LogP) is 1.47. The molecular formula is C10H18O2. The molecule has 1 rings (SSSR count). The van der Waals surface area contributed by atoms with E-state index in [0.717, 1.165) is 19.3 Å². The lowest BCUT2D eigenvalue weighted by atomic mass is 9.89. The summed E-state index contributed by atoms with van der Waals surface area (Å²) in [6.45, 7) is 1.72. The summed E-state index contributed by atoms with van der Waals surface area (Å²) in [6.07, 6.45) is 7.31. The number of aliphatic hydroxyl groups excluding tert-OH is 2. The van der Waals surface area contributed by atoms with Crippen molar-refractivity contribution in [2.24, 2.45) is 5.92 Å². The van der Waals surface area contributed by atoms with Gasteiger partial charge in [0, 0.05) is 5.92 Å². The van der Waals surface area contributed by atoms with Gasteiger partial charge in [-0.1, -0.05) is 12.2 Å². The van der Waals surface area contributed by atoms with Gasteiger partial charge in [-0.2, -0.15) is 0 Å². The maximum atomic E-state index is 9.63. The van der Waals surface area contributed by atoms with Crippen molar-refractivity contribution in [3.63, 3.8) is 0 Å². The number of rotatable bonds is 3. The van der Waals surface area contributed by atoms with E-state index in [1.54, 1.807) is 6.92 Å². The molecule has 0 heterocycles. The third-order valence-corrected chi connectivity index (χ3v) is 2.37. The van der Waals surface area contributed by atoms with E-state index in [1.165, 1.54) is 0 Å². The lowest BCUT2D eigenvalue weighted by molar-refractivity contribution is 0.0601. The van der Waals surface area contributed by atoms with Crippen LogP contribution in [-0.2, 0) is 0 Å². The minimum absolute atomic E-state index is 0.272. The predicted molar refractivity (Wildman–Crippen MR) is 48.8 cm³/mol. The van der Waals surface area contributed by atoms with Crippen LogP contribution in [-0.4, -0.2) is 22.4 Å². The normalized spacial score (nSPS) is 28.4. The molecule has 3 atom stereocenters. The Morgan fingerprint density at radius 2 is 2.25 bits per heavy atom. The second-order valence-electron chi connectivity index (χ2n) is 3.67. The van der Waals surface area contributed by atoms with Crippen LogP contribution in [0.4, 0.5) is 0 Å². The van der Waals surface area contributed by atoms with Crippen LogP contribution in [0.1, 0.15) is 32.6 Å². The molecule has 0 amide bonds. The van der Waals surface area contributed by atoms with Crippen LogP contribution in [0.15, 0.2) is 12.2 Å². The summed E-state index contributed by atoms with van der Waals surface area (Å²) in [4.78, 5) is 0. The second kappa shape index (κ2) is 4.63. The molecule has 1 aliphatic carbocycles. The summed E-state index contributed by atoms with van der Waals surface area (Å²) in [5.74, 6) is 0.272. The quantitative estimate of drug-likeness (QED) is 0.630. The van der Waals surface area contributed by atoms with E-state index in [1.807, 2.05) is 0 Å². The lowest BCUT2D eigenvalue weighted by Crippen LogP contribution is -2.24. The largest absolute Gasteiger partial charge is 0.393 e. The van der Waals surface area contributed by atoms with Gasteiger partial charge in [0.15, 0.2) is 0 Å².